The highest BCUT2D eigenvalue weighted by Crippen LogP contribution is 2.32. The van der Waals surface area contributed by atoms with Gasteiger partial charge in [-0.2, -0.15) is 0 Å². The van der Waals surface area contributed by atoms with Crippen LogP contribution in [0.25, 0.3) is 0 Å². The number of hydrogen-bond donors (Lipinski definition) is 1. The number of rotatable bonds is 9. The lowest BCUT2D eigenvalue weighted by atomic mass is 9.79. The predicted octanol–water partition coefficient (Wildman–Crippen LogP) is 6.03. The molecule has 1 heterocycles. The smallest absolute Gasteiger partial charge is 0.225 e. The van der Waals surface area contributed by atoms with Crippen molar-refractivity contribution in [3.8, 4) is 0 Å². The number of amides is 1. The number of likely N-dealkylation sites (tertiary alicyclic amines) is 1. The van der Waals surface area contributed by atoms with E-state index in [1.165, 1.54) is 19.3 Å². The van der Waals surface area contributed by atoms with E-state index in [1.54, 1.807) is 0 Å². The quantitative estimate of drug-likeness (QED) is 0.403. The van der Waals surface area contributed by atoms with E-state index in [9.17, 15) is 4.79 Å². The molecule has 1 aliphatic rings. The van der Waals surface area contributed by atoms with Gasteiger partial charge in [-0.15, -0.1) is 6.58 Å². The molecule has 1 amide bonds. The van der Waals surface area contributed by atoms with Crippen molar-refractivity contribution in [2.45, 2.75) is 65.7 Å². The SMILES string of the molecule is C=CCCC(CCC)C1CCN(C(=O)[C@H](C)Cc2cc(C)c(N)c(Cl)c2)CC1. The molecule has 28 heavy (non-hydrogen) atoms. The average Bonchev–Trinajstić information content (AvgIpc) is 2.68. The summed E-state index contributed by atoms with van der Waals surface area (Å²) in [5, 5.41) is 0.581. The Labute approximate surface area is 176 Å². The number of benzene rings is 1. The Morgan fingerprint density at radius 1 is 1.36 bits per heavy atom. The Kier molecular flexibility index (Phi) is 8.88. The lowest BCUT2D eigenvalue weighted by Gasteiger charge is -2.37. The first-order chi connectivity index (χ1) is 13.4. The molecule has 2 rings (SSSR count). The van der Waals surface area contributed by atoms with E-state index in [2.05, 4.69) is 18.4 Å². The van der Waals surface area contributed by atoms with Gasteiger partial charge < -0.3 is 10.6 Å². The minimum atomic E-state index is -0.0390. The van der Waals surface area contributed by atoms with Crippen LogP contribution < -0.4 is 5.73 Å². The Morgan fingerprint density at radius 3 is 2.61 bits per heavy atom. The fourth-order valence-corrected chi connectivity index (χ4v) is 4.90. The Bertz CT molecular complexity index is 642. The fraction of sp³-hybridized carbons (Fsp3) is 0.625. The summed E-state index contributed by atoms with van der Waals surface area (Å²) in [5.41, 5.74) is 8.62. The van der Waals surface area contributed by atoms with Gasteiger partial charge >= 0.3 is 0 Å². The summed E-state index contributed by atoms with van der Waals surface area (Å²) in [6.07, 6.45) is 9.88. The molecule has 4 heteroatoms. The van der Waals surface area contributed by atoms with Crippen LogP contribution >= 0.6 is 11.6 Å². The van der Waals surface area contributed by atoms with Crippen LogP contribution in [0.3, 0.4) is 0 Å². The maximum absolute atomic E-state index is 13.0. The molecule has 0 spiro atoms. The molecular formula is C24H37ClN2O. The summed E-state index contributed by atoms with van der Waals surface area (Å²) >= 11 is 6.21. The standard InChI is InChI=1S/C24H37ClN2O/c1-5-7-9-20(8-6-2)21-10-12-27(13-11-21)24(28)18(4)15-19-14-17(3)23(26)22(25)16-19/h5,14,16,18,20-21H,1,6-13,15,26H2,2-4H3/t18-,20?/m1/s1. The second kappa shape index (κ2) is 10.9. The van der Waals surface area contributed by atoms with E-state index in [-0.39, 0.29) is 11.8 Å². The number of anilines is 1. The van der Waals surface area contributed by atoms with Gasteiger partial charge in [0, 0.05) is 19.0 Å². The maximum Gasteiger partial charge on any atom is 0.225 e. The number of allylic oxidation sites excluding steroid dienone is 1. The third-order valence-corrected chi connectivity index (χ3v) is 6.59. The lowest BCUT2D eigenvalue weighted by Crippen LogP contribution is -2.42. The molecule has 1 unspecified atom stereocenters. The van der Waals surface area contributed by atoms with Crippen LogP contribution in [0.4, 0.5) is 5.69 Å². The monoisotopic (exact) mass is 404 g/mol. The largest absolute Gasteiger partial charge is 0.397 e. The topological polar surface area (TPSA) is 46.3 Å². The van der Waals surface area contributed by atoms with E-state index in [0.29, 0.717) is 17.1 Å². The highest BCUT2D eigenvalue weighted by molar-refractivity contribution is 6.33. The molecule has 1 aromatic rings. The molecule has 1 saturated heterocycles. The van der Waals surface area contributed by atoms with Gasteiger partial charge in [-0.05, 0) is 68.1 Å². The summed E-state index contributed by atoms with van der Waals surface area (Å²) in [6, 6.07) is 3.95. The molecule has 1 fully saturated rings. The molecule has 1 aromatic carbocycles. The minimum Gasteiger partial charge on any atom is -0.397 e. The van der Waals surface area contributed by atoms with Crippen molar-refractivity contribution in [3.63, 3.8) is 0 Å². The lowest BCUT2D eigenvalue weighted by molar-refractivity contribution is -0.136. The zero-order valence-electron chi connectivity index (χ0n) is 17.8. The van der Waals surface area contributed by atoms with Gasteiger partial charge in [-0.1, -0.05) is 50.4 Å². The molecule has 1 aliphatic heterocycles. The number of piperidine rings is 1. The van der Waals surface area contributed by atoms with Crippen molar-refractivity contribution in [2.75, 3.05) is 18.8 Å². The number of nitrogen functional groups attached to an aromatic ring is 1. The zero-order chi connectivity index (χ0) is 20.7. The minimum absolute atomic E-state index is 0.0390. The number of halogens is 1. The van der Waals surface area contributed by atoms with Gasteiger partial charge in [0.25, 0.3) is 0 Å². The third kappa shape index (κ3) is 6.01. The second-order valence-corrected chi connectivity index (χ2v) is 8.90. The molecule has 0 bridgehead atoms. The maximum atomic E-state index is 13.0. The summed E-state index contributed by atoms with van der Waals surface area (Å²) < 4.78 is 0. The van der Waals surface area contributed by atoms with E-state index >= 15 is 0 Å². The number of hydrogen-bond acceptors (Lipinski definition) is 2. The number of nitrogens with two attached hydrogens (primary N) is 1. The van der Waals surface area contributed by atoms with Gasteiger partial charge in [0.15, 0.2) is 0 Å². The van der Waals surface area contributed by atoms with Crippen LogP contribution in [0.5, 0.6) is 0 Å². The Hall–Kier alpha value is -1.48. The van der Waals surface area contributed by atoms with Crippen LogP contribution in [0.15, 0.2) is 24.8 Å². The van der Waals surface area contributed by atoms with E-state index in [0.717, 1.165) is 55.3 Å². The predicted molar refractivity (Wildman–Crippen MR) is 121 cm³/mol. The molecule has 0 radical (unpaired) electrons. The molecule has 2 N–H and O–H groups in total. The first-order valence-corrected chi connectivity index (χ1v) is 11.2. The molecular weight excluding hydrogens is 368 g/mol. The van der Waals surface area contributed by atoms with E-state index in [4.69, 9.17) is 17.3 Å². The van der Waals surface area contributed by atoms with Gasteiger partial charge in [-0.25, -0.2) is 0 Å². The zero-order valence-corrected chi connectivity index (χ0v) is 18.6. The molecule has 3 nitrogen and oxygen atoms in total. The van der Waals surface area contributed by atoms with Crippen LogP contribution in [-0.4, -0.2) is 23.9 Å². The van der Waals surface area contributed by atoms with Gasteiger partial charge in [0.05, 0.1) is 10.7 Å². The second-order valence-electron chi connectivity index (χ2n) is 8.49. The molecule has 0 aromatic heterocycles. The van der Waals surface area contributed by atoms with Crippen LogP contribution in [0.2, 0.25) is 5.02 Å². The number of aryl methyl sites for hydroxylation is 1. The summed E-state index contributed by atoms with van der Waals surface area (Å²) in [5.74, 6) is 1.75. The highest BCUT2D eigenvalue weighted by atomic mass is 35.5. The van der Waals surface area contributed by atoms with Crippen molar-refractivity contribution >= 4 is 23.2 Å². The summed E-state index contributed by atoms with van der Waals surface area (Å²) in [4.78, 5) is 15.0. The van der Waals surface area contributed by atoms with E-state index in [1.807, 2.05) is 32.1 Å². The van der Waals surface area contributed by atoms with E-state index < -0.39 is 0 Å². The first-order valence-electron chi connectivity index (χ1n) is 10.8. The summed E-state index contributed by atoms with van der Waals surface area (Å²) in [7, 11) is 0. The number of carbonyl (C=O) groups excluding carboxylic acids is 1. The van der Waals surface area contributed by atoms with Crippen LogP contribution in [-0.2, 0) is 11.2 Å². The first kappa shape index (κ1) is 22.8. The number of nitrogens with zero attached hydrogens (tertiary/aromatic N) is 1. The average molecular weight is 405 g/mol. The van der Waals surface area contributed by atoms with Crippen molar-refractivity contribution < 1.29 is 4.79 Å². The fourth-order valence-electron chi connectivity index (χ4n) is 4.61. The molecule has 2 atom stereocenters. The normalized spacial score (nSPS) is 17.4. The molecule has 156 valence electrons. The van der Waals surface area contributed by atoms with Gasteiger partial charge in [0.2, 0.25) is 5.91 Å². The van der Waals surface area contributed by atoms with Crippen LogP contribution in [0.1, 0.15) is 63.5 Å². The molecule has 0 aliphatic carbocycles. The molecule has 0 saturated carbocycles. The van der Waals surface area contributed by atoms with Crippen LogP contribution in [0, 0.1) is 24.7 Å². The van der Waals surface area contributed by atoms with Gasteiger partial charge in [0.1, 0.15) is 0 Å². The number of carbonyl (C=O) groups is 1. The van der Waals surface area contributed by atoms with Crippen molar-refractivity contribution in [1.29, 1.82) is 0 Å². The summed E-state index contributed by atoms with van der Waals surface area (Å²) in [6.45, 7) is 11.9. The van der Waals surface area contributed by atoms with Gasteiger partial charge in [-0.3, -0.25) is 4.79 Å². The van der Waals surface area contributed by atoms with Crippen molar-refractivity contribution in [2.24, 2.45) is 17.8 Å². The van der Waals surface area contributed by atoms with Crippen molar-refractivity contribution in [3.05, 3.63) is 40.9 Å². The highest BCUT2D eigenvalue weighted by Gasteiger charge is 2.29. The Balaban J connectivity index is 1.90. The van der Waals surface area contributed by atoms with Crippen molar-refractivity contribution in [1.82, 2.24) is 4.90 Å². The Morgan fingerprint density at radius 2 is 2.04 bits per heavy atom. The third-order valence-electron chi connectivity index (χ3n) is 6.28.